The number of aryl methyl sites for hydroxylation is 1. The molecule has 3 atom stereocenters. The van der Waals surface area contributed by atoms with E-state index in [1.165, 1.54) is 23.2 Å². The first kappa shape index (κ1) is 34.0. The monoisotopic (exact) mass is 561 g/mol. The molecule has 1 aromatic rings. The normalized spacial score (nSPS) is 16.2. The van der Waals surface area contributed by atoms with Crippen LogP contribution in [-0.4, -0.2) is 79.9 Å². The largest absolute Gasteiger partial charge is 0.391 e. The SMILES string of the molecule is COCCCN1CCCc2ccc(CN(C[C@H](N)[C@@H](O)C[C@H](C(=O)NCC(C)(C)C(N)=O)C(C)C)C(C)C)cc21. The van der Waals surface area contributed by atoms with E-state index in [0.717, 1.165) is 39.1 Å². The summed E-state index contributed by atoms with van der Waals surface area (Å²) in [6, 6.07) is 6.49. The molecule has 9 nitrogen and oxygen atoms in total. The summed E-state index contributed by atoms with van der Waals surface area (Å²) in [7, 11) is 1.75. The Balaban J connectivity index is 2.05. The topological polar surface area (TPSA) is 134 Å². The highest BCUT2D eigenvalue weighted by molar-refractivity contribution is 5.83. The Kier molecular flexibility index (Phi) is 13.4. The van der Waals surface area contributed by atoms with E-state index in [1.807, 2.05) is 13.8 Å². The van der Waals surface area contributed by atoms with Crippen molar-refractivity contribution in [3.63, 3.8) is 0 Å². The Bertz CT molecular complexity index is 952. The van der Waals surface area contributed by atoms with Crippen molar-refractivity contribution >= 4 is 17.5 Å². The first-order valence-electron chi connectivity index (χ1n) is 14.9. The van der Waals surface area contributed by atoms with Crippen LogP contribution >= 0.6 is 0 Å². The number of ether oxygens (including phenoxy) is 1. The van der Waals surface area contributed by atoms with E-state index < -0.39 is 29.4 Å². The standard InChI is InChI=1S/C31H55N5O4/c1-21(2)25(29(38)34-20-31(5,6)30(33)39)17-28(37)26(32)19-36(22(3)4)18-23-11-12-24-10-8-13-35(27(24)16-23)14-9-15-40-7/h11-12,16,21-22,25-26,28,37H,8-10,13-15,17-20,32H2,1-7H3,(H2,33,39)(H,34,38)/t25-,26-,28-/m0/s1. The lowest BCUT2D eigenvalue weighted by Crippen LogP contribution is -2.49. The number of rotatable bonds is 17. The zero-order valence-corrected chi connectivity index (χ0v) is 25.9. The molecule has 228 valence electrons. The van der Waals surface area contributed by atoms with Crippen molar-refractivity contribution in [2.75, 3.05) is 44.8 Å². The minimum atomic E-state index is -0.846. The average Bonchev–Trinajstić information content (AvgIpc) is 2.89. The van der Waals surface area contributed by atoms with Gasteiger partial charge in [0.25, 0.3) is 0 Å². The molecule has 40 heavy (non-hydrogen) atoms. The Hall–Kier alpha value is -2.20. The van der Waals surface area contributed by atoms with Gasteiger partial charge in [0.1, 0.15) is 0 Å². The summed E-state index contributed by atoms with van der Waals surface area (Å²) in [6.07, 6.45) is 2.68. The highest BCUT2D eigenvalue weighted by Crippen LogP contribution is 2.29. The van der Waals surface area contributed by atoms with Gasteiger partial charge in [-0.15, -0.1) is 0 Å². The molecule has 0 radical (unpaired) electrons. The second-order valence-electron chi connectivity index (χ2n) is 12.7. The highest BCUT2D eigenvalue weighted by Gasteiger charge is 2.31. The Labute approximate surface area is 242 Å². The Morgan fingerprint density at radius 3 is 2.52 bits per heavy atom. The highest BCUT2D eigenvalue weighted by atomic mass is 16.5. The fourth-order valence-corrected chi connectivity index (χ4v) is 5.15. The first-order valence-corrected chi connectivity index (χ1v) is 14.9. The third-order valence-corrected chi connectivity index (χ3v) is 8.21. The number of primary amides is 1. The number of hydrogen-bond donors (Lipinski definition) is 4. The van der Waals surface area contributed by atoms with Gasteiger partial charge in [-0.3, -0.25) is 14.5 Å². The zero-order valence-electron chi connectivity index (χ0n) is 25.9. The number of nitrogens with zero attached hydrogens (tertiary/aromatic N) is 2. The Morgan fingerprint density at radius 1 is 1.23 bits per heavy atom. The van der Waals surface area contributed by atoms with Crippen molar-refractivity contribution in [1.82, 2.24) is 10.2 Å². The van der Waals surface area contributed by atoms with Gasteiger partial charge in [0.05, 0.1) is 11.5 Å². The molecule has 0 spiro atoms. The lowest BCUT2D eigenvalue weighted by Gasteiger charge is -2.34. The van der Waals surface area contributed by atoms with Crippen LogP contribution < -0.4 is 21.7 Å². The van der Waals surface area contributed by atoms with Crippen LogP contribution in [0.3, 0.4) is 0 Å². The minimum absolute atomic E-state index is 0.00192. The maximum absolute atomic E-state index is 13.0. The van der Waals surface area contributed by atoms with Gasteiger partial charge in [-0.05, 0) is 76.5 Å². The molecule has 0 aromatic heterocycles. The fourth-order valence-electron chi connectivity index (χ4n) is 5.15. The van der Waals surface area contributed by atoms with Crippen LogP contribution in [0.4, 0.5) is 5.69 Å². The van der Waals surface area contributed by atoms with Crippen LogP contribution in [-0.2, 0) is 27.3 Å². The lowest BCUT2D eigenvalue weighted by atomic mass is 9.86. The molecule has 0 saturated heterocycles. The average molecular weight is 562 g/mol. The summed E-state index contributed by atoms with van der Waals surface area (Å²) in [6.45, 7) is 15.8. The van der Waals surface area contributed by atoms with E-state index >= 15 is 0 Å². The molecular weight excluding hydrogens is 506 g/mol. The number of fused-ring (bicyclic) bond motifs is 1. The van der Waals surface area contributed by atoms with Crippen LogP contribution in [0.25, 0.3) is 0 Å². The first-order chi connectivity index (χ1) is 18.8. The number of benzene rings is 1. The van der Waals surface area contributed by atoms with Gasteiger partial charge in [0.15, 0.2) is 0 Å². The van der Waals surface area contributed by atoms with Gasteiger partial charge in [0.2, 0.25) is 11.8 Å². The third kappa shape index (κ3) is 10.0. The zero-order chi connectivity index (χ0) is 30.0. The summed E-state index contributed by atoms with van der Waals surface area (Å²) in [4.78, 5) is 29.4. The van der Waals surface area contributed by atoms with Crippen LogP contribution in [0.2, 0.25) is 0 Å². The van der Waals surface area contributed by atoms with Gasteiger partial charge in [-0.2, -0.15) is 0 Å². The van der Waals surface area contributed by atoms with Crippen molar-refractivity contribution in [1.29, 1.82) is 0 Å². The van der Waals surface area contributed by atoms with Crippen molar-refractivity contribution in [3.8, 4) is 0 Å². The molecule has 2 amide bonds. The lowest BCUT2D eigenvalue weighted by molar-refractivity contribution is -0.130. The summed E-state index contributed by atoms with van der Waals surface area (Å²) in [5, 5.41) is 13.9. The van der Waals surface area contributed by atoms with Gasteiger partial charge >= 0.3 is 0 Å². The van der Waals surface area contributed by atoms with Crippen LogP contribution in [0.1, 0.15) is 71.9 Å². The molecule has 2 rings (SSSR count). The van der Waals surface area contributed by atoms with Crippen molar-refractivity contribution < 1.29 is 19.4 Å². The van der Waals surface area contributed by atoms with Crippen LogP contribution in [0, 0.1) is 17.3 Å². The predicted molar refractivity (Wildman–Crippen MR) is 162 cm³/mol. The van der Waals surface area contributed by atoms with Gasteiger partial charge in [-0.25, -0.2) is 0 Å². The third-order valence-electron chi connectivity index (χ3n) is 8.21. The number of methoxy groups -OCH3 is 1. The summed E-state index contributed by atoms with van der Waals surface area (Å²) >= 11 is 0. The fraction of sp³-hybridized carbons (Fsp3) is 0.742. The maximum atomic E-state index is 13.0. The number of nitrogens with two attached hydrogens (primary N) is 2. The smallest absolute Gasteiger partial charge is 0.224 e. The summed E-state index contributed by atoms with van der Waals surface area (Å²) in [5.74, 6) is -1.09. The quantitative estimate of drug-likeness (QED) is 0.215. The van der Waals surface area contributed by atoms with Gasteiger partial charge in [0, 0.05) is 70.1 Å². The number of anilines is 1. The number of nitrogens with one attached hydrogen (secondary N) is 1. The molecule has 6 N–H and O–H groups in total. The second kappa shape index (κ2) is 15.7. The molecule has 0 fully saturated rings. The molecular formula is C31H55N5O4. The molecule has 1 aliphatic heterocycles. The van der Waals surface area contributed by atoms with Crippen LogP contribution in [0.15, 0.2) is 18.2 Å². The van der Waals surface area contributed by atoms with E-state index in [1.54, 1.807) is 21.0 Å². The number of aliphatic hydroxyl groups excluding tert-OH is 1. The molecule has 1 aliphatic rings. The molecule has 0 aliphatic carbocycles. The summed E-state index contributed by atoms with van der Waals surface area (Å²) < 4.78 is 5.26. The van der Waals surface area contributed by atoms with Crippen molar-refractivity contribution in [2.45, 2.75) is 92.0 Å². The maximum Gasteiger partial charge on any atom is 0.224 e. The van der Waals surface area contributed by atoms with E-state index in [2.05, 4.69) is 47.2 Å². The van der Waals surface area contributed by atoms with E-state index in [-0.39, 0.29) is 30.8 Å². The summed E-state index contributed by atoms with van der Waals surface area (Å²) in [5.41, 5.74) is 15.1. The number of carbonyl (C=O) groups is 2. The molecule has 9 heteroatoms. The molecule has 1 aromatic carbocycles. The second-order valence-corrected chi connectivity index (χ2v) is 12.7. The molecule has 0 bridgehead atoms. The molecule has 1 heterocycles. The Morgan fingerprint density at radius 2 is 1.93 bits per heavy atom. The number of carbonyl (C=O) groups excluding carboxylic acids is 2. The molecule has 0 unspecified atom stereocenters. The van der Waals surface area contributed by atoms with E-state index in [9.17, 15) is 14.7 Å². The van der Waals surface area contributed by atoms with Gasteiger partial charge in [-0.1, -0.05) is 26.0 Å². The number of amides is 2. The number of aliphatic hydroxyl groups is 1. The van der Waals surface area contributed by atoms with E-state index in [0.29, 0.717) is 6.54 Å². The van der Waals surface area contributed by atoms with Crippen molar-refractivity contribution in [2.24, 2.45) is 28.7 Å². The van der Waals surface area contributed by atoms with E-state index in [4.69, 9.17) is 16.2 Å². The number of hydrogen-bond acceptors (Lipinski definition) is 7. The predicted octanol–water partition coefficient (Wildman–Crippen LogP) is 2.66. The van der Waals surface area contributed by atoms with Crippen molar-refractivity contribution in [3.05, 3.63) is 29.3 Å². The van der Waals surface area contributed by atoms with Gasteiger partial charge < -0.3 is 31.5 Å². The van der Waals surface area contributed by atoms with Crippen LogP contribution in [0.5, 0.6) is 0 Å². The molecule has 0 saturated carbocycles. The minimum Gasteiger partial charge on any atom is -0.391 e.